The van der Waals surface area contributed by atoms with Crippen LogP contribution in [-0.4, -0.2) is 63.6 Å². The molecule has 1 aliphatic heterocycles. The lowest BCUT2D eigenvalue weighted by molar-refractivity contribution is 0.299. The van der Waals surface area contributed by atoms with Gasteiger partial charge < -0.3 is 19.3 Å². The van der Waals surface area contributed by atoms with Crippen molar-refractivity contribution in [3.8, 4) is 5.75 Å². The molecule has 7 heteroatoms. The van der Waals surface area contributed by atoms with E-state index in [4.69, 9.17) is 9.26 Å². The molecule has 0 radical (unpaired) electrons. The molecule has 0 aromatic heterocycles. The zero-order chi connectivity index (χ0) is 20.5. The molecule has 1 N–H and O–H groups in total. The standard InChI is InChI=1S/C21H29N2O4P/c1-6-26-28(25,12-11-24)21-17-9-7-15(22(2)3)13-19(17)27-20-14-16(23(4)5)8-10-18(20)21/h7-10,13-15,24H,6,11-12H2,1-5H3. The Morgan fingerprint density at radius 1 is 1.25 bits per heavy atom. The van der Waals surface area contributed by atoms with Gasteiger partial charge in [0.15, 0.2) is 0 Å². The summed E-state index contributed by atoms with van der Waals surface area (Å²) in [6.45, 7) is 1.92. The monoisotopic (exact) mass is 404 g/mol. The molecule has 6 nitrogen and oxygen atoms in total. The van der Waals surface area contributed by atoms with Gasteiger partial charge >= 0.3 is 0 Å². The van der Waals surface area contributed by atoms with Crippen molar-refractivity contribution in [3.05, 3.63) is 53.3 Å². The number of allylic oxidation sites excluding steroid dienone is 1. The van der Waals surface area contributed by atoms with Crippen LogP contribution in [-0.2, 0) is 9.09 Å². The van der Waals surface area contributed by atoms with E-state index in [1.54, 1.807) is 0 Å². The number of likely N-dealkylation sites (N-methyl/N-ethyl adjacent to an activating group) is 1. The van der Waals surface area contributed by atoms with Crippen LogP contribution in [0.25, 0.3) is 5.31 Å². The van der Waals surface area contributed by atoms with E-state index in [2.05, 4.69) is 11.0 Å². The first kappa shape index (κ1) is 20.9. The van der Waals surface area contributed by atoms with Crippen LogP contribution in [0.4, 0.5) is 5.69 Å². The van der Waals surface area contributed by atoms with Crippen LogP contribution < -0.4 is 9.64 Å². The smallest absolute Gasteiger partial charge is 0.235 e. The molecule has 3 rings (SSSR count). The number of nitrogens with zero attached hydrogens (tertiary/aromatic N) is 2. The Balaban J connectivity index is 2.24. The third-order valence-corrected chi connectivity index (χ3v) is 7.56. The third-order valence-electron chi connectivity index (χ3n) is 4.93. The Morgan fingerprint density at radius 2 is 2.00 bits per heavy atom. The van der Waals surface area contributed by atoms with Crippen molar-refractivity contribution in [1.82, 2.24) is 4.90 Å². The van der Waals surface area contributed by atoms with Gasteiger partial charge in [-0.15, -0.1) is 0 Å². The predicted molar refractivity (Wildman–Crippen MR) is 114 cm³/mol. The Hall–Kier alpha value is -1.85. The van der Waals surface area contributed by atoms with Gasteiger partial charge in [-0.3, -0.25) is 9.46 Å². The molecule has 1 aliphatic carbocycles. The summed E-state index contributed by atoms with van der Waals surface area (Å²) in [5, 5.41) is 10.2. The van der Waals surface area contributed by atoms with Gasteiger partial charge in [-0.2, -0.15) is 0 Å². The lowest BCUT2D eigenvalue weighted by atomic mass is 9.97. The molecule has 0 amide bonds. The van der Waals surface area contributed by atoms with Gasteiger partial charge in [0.25, 0.3) is 0 Å². The normalized spacial score (nSPS) is 20.2. The van der Waals surface area contributed by atoms with Crippen LogP contribution in [0.5, 0.6) is 5.75 Å². The molecular formula is C21H29N2O4P. The average molecular weight is 404 g/mol. The number of aliphatic hydroxyl groups excluding tert-OH is 1. The maximum atomic E-state index is 13.8. The lowest BCUT2D eigenvalue weighted by Gasteiger charge is -2.33. The molecule has 2 atom stereocenters. The van der Waals surface area contributed by atoms with Crippen molar-refractivity contribution < 1.29 is 18.9 Å². The van der Waals surface area contributed by atoms with E-state index < -0.39 is 7.37 Å². The Kier molecular flexibility index (Phi) is 6.15. The number of benzene rings is 1. The van der Waals surface area contributed by atoms with E-state index in [9.17, 15) is 9.67 Å². The molecular weight excluding hydrogens is 375 g/mol. The van der Waals surface area contributed by atoms with Gasteiger partial charge in [0.05, 0.1) is 24.7 Å². The first-order valence-electron chi connectivity index (χ1n) is 9.46. The minimum absolute atomic E-state index is 0.0762. The SMILES string of the molecule is CCOP(=O)(CCO)C1=C2C=CC(N(C)C)C=C2Oc2cc(N(C)C)ccc21. The van der Waals surface area contributed by atoms with Crippen LogP contribution in [0, 0.1) is 0 Å². The highest BCUT2D eigenvalue weighted by Gasteiger charge is 2.38. The highest BCUT2D eigenvalue weighted by atomic mass is 31.2. The van der Waals surface area contributed by atoms with E-state index in [0.29, 0.717) is 23.4 Å². The topological polar surface area (TPSA) is 62.2 Å². The van der Waals surface area contributed by atoms with Crippen molar-refractivity contribution >= 4 is 18.4 Å². The fraction of sp³-hybridized carbons (Fsp3) is 0.429. The van der Waals surface area contributed by atoms with Gasteiger partial charge in [-0.1, -0.05) is 12.2 Å². The summed E-state index contributed by atoms with van der Waals surface area (Å²) in [7, 11) is 4.66. The van der Waals surface area contributed by atoms with Gasteiger partial charge in [-0.25, -0.2) is 0 Å². The Bertz CT molecular complexity index is 876. The molecule has 152 valence electrons. The summed E-state index contributed by atoms with van der Waals surface area (Å²) in [6.07, 6.45) is 6.11. The average Bonchev–Trinajstić information content (AvgIpc) is 2.65. The Morgan fingerprint density at radius 3 is 2.61 bits per heavy atom. The van der Waals surface area contributed by atoms with Crippen molar-refractivity contribution in [2.45, 2.75) is 13.0 Å². The van der Waals surface area contributed by atoms with Crippen molar-refractivity contribution in [2.24, 2.45) is 0 Å². The first-order chi connectivity index (χ1) is 13.3. The summed E-state index contributed by atoms with van der Waals surface area (Å²) in [5.41, 5.74) is 2.52. The van der Waals surface area contributed by atoms with Crippen LogP contribution in [0.1, 0.15) is 12.5 Å². The summed E-state index contributed by atoms with van der Waals surface area (Å²) in [5.74, 6) is 1.33. The quantitative estimate of drug-likeness (QED) is 0.702. The largest absolute Gasteiger partial charge is 0.456 e. The number of rotatable bonds is 7. The maximum Gasteiger partial charge on any atom is 0.235 e. The zero-order valence-electron chi connectivity index (χ0n) is 17.2. The zero-order valence-corrected chi connectivity index (χ0v) is 18.1. The van der Waals surface area contributed by atoms with Crippen molar-refractivity contribution in [1.29, 1.82) is 0 Å². The fourth-order valence-corrected chi connectivity index (χ4v) is 5.73. The third kappa shape index (κ3) is 3.83. The number of fused-ring (bicyclic) bond motifs is 2. The summed E-state index contributed by atoms with van der Waals surface area (Å²) < 4.78 is 25.9. The molecule has 0 saturated carbocycles. The van der Waals surface area contributed by atoms with Gasteiger partial charge in [-0.05, 0) is 39.2 Å². The molecule has 0 bridgehead atoms. The highest BCUT2D eigenvalue weighted by Crippen LogP contribution is 2.64. The van der Waals surface area contributed by atoms with Crippen LogP contribution in [0.15, 0.2) is 47.8 Å². The molecule has 1 aromatic rings. The van der Waals surface area contributed by atoms with E-state index in [0.717, 1.165) is 16.8 Å². The number of hydrogen-bond donors (Lipinski definition) is 1. The van der Waals surface area contributed by atoms with Crippen LogP contribution in [0.2, 0.25) is 0 Å². The molecule has 1 aromatic carbocycles. The van der Waals surface area contributed by atoms with Crippen LogP contribution >= 0.6 is 7.37 Å². The van der Waals surface area contributed by atoms with E-state index in [1.807, 2.05) is 70.4 Å². The molecule has 2 aliphatic rings. The number of ether oxygens (including phenoxy) is 1. The predicted octanol–water partition coefficient (Wildman–Crippen LogP) is 3.55. The molecule has 2 unspecified atom stereocenters. The minimum Gasteiger partial charge on any atom is -0.456 e. The molecule has 0 fully saturated rings. The molecule has 0 saturated heterocycles. The maximum absolute atomic E-state index is 13.8. The fourth-order valence-electron chi connectivity index (χ4n) is 3.46. The second kappa shape index (κ2) is 8.26. The number of anilines is 1. The van der Waals surface area contributed by atoms with Crippen LogP contribution in [0.3, 0.4) is 0 Å². The molecule has 0 spiro atoms. The van der Waals surface area contributed by atoms with E-state index in [1.165, 1.54) is 0 Å². The van der Waals surface area contributed by atoms with Gasteiger partial charge in [0.2, 0.25) is 7.37 Å². The molecule has 1 heterocycles. The minimum atomic E-state index is -3.27. The van der Waals surface area contributed by atoms with E-state index >= 15 is 0 Å². The lowest BCUT2D eigenvalue weighted by Crippen LogP contribution is -2.27. The second-order valence-electron chi connectivity index (χ2n) is 7.32. The Labute approximate surface area is 167 Å². The van der Waals surface area contributed by atoms with E-state index in [-0.39, 0.29) is 18.8 Å². The second-order valence-corrected chi connectivity index (χ2v) is 9.82. The summed E-state index contributed by atoms with van der Waals surface area (Å²) >= 11 is 0. The molecule has 28 heavy (non-hydrogen) atoms. The highest BCUT2D eigenvalue weighted by molar-refractivity contribution is 7.69. The van der Waals surface area contributed by atoms with Crippen molar-refractivity contribution in [2.75, 3.05) is 52.5 Å². The van der Waals surface area contributed by atoms with Gasteiger partial charge in [0.1, 0.15) is 11.5 Å². The van der Waals surface area contributed by atoms with Gasteiger partial charge in [0, 0.05) is 43.0 Å². The number of aliphatic hydroxyl groups is 1. The van der Waals surface area contributed by atoms with Crippen molar-refractivity contribution in [3.63, 3.8) is 0 Å². The number of hydrogen-bond acceptors (Lipinski definition) is 6. The first-order valence-corrected chi connectivity index (χ1v) is 11.3. The summed E-state index contributed by atoms with van der Waals surface area (Å²) in [6, 6.07) is 5.94. The summed E-state index contributed by atoms with van der Waals surface area (Å²) in [4.78, 5) is 4.07.